The molecule has 7 heteroatoms. The van der Waals surface area contributed by atoms with Gasteiger partial charge in [-0.05, 0) is 37.1 Å². The van der Waals surface area contributed by atoms with Gasteiger partial charge < -0.3 is 30.0 Å². The number of carboxylic acids is 1. The van der Waals surface area contributed by atoms with Crippen molar-refractivity contribution in [1.29, 1.82) is 0 Å². The molecule has 3 N–H and O–H groups in total. The maximum absolute atomic E-state index is 12.0. The molecule has 2 atom stereocenters. The average molecular weight is 322 g/mol. The van der Waals surface area contributed by atoms with Gasteiger partial charge in [-0.1, -0.05) is 0 Å². The second-order valence-electron chi connectivity index (χ2n) is 5.51. The largest absolute Gasteiger partial charge is 0.544 e. The number of quaternary nitrogens is 1. The fraction of sp³-hybridized carbons (Fsp3) is 0.500. The Morgan fingerprint density at radius 3 is 2.74 bits per heavy atom. The topological polar surface area (TPSA) is 104 Å². The number of ether oxygens (including phenoxy) is 2. The maximum atomic E-state index is 12.0. The van der Waals surface area contributed by atoms with E-state index in [9.17, 15) is 14.7 Å². The Bertz CT molecular complexity index is 526. The van der Waals surface area contributed by atoms with Crippen LogP contribution in [0.15, 0.2) is 24.3 Å². The first-order valence-corrected chi connectivity index (χ1v) is 7.68. The summed E-state index contributed by atoms with van der Waals surface area (Å²) in [6, 6.07) is 5.91. The number of carboxylic acid groups (broad SMARTS) is 1. The lowest BCUT2D eigenvalue weighted by Crippen LogP contribution is -2.94. The van der Waals surface area contributed by atoms with Gasteiger partial charge in [0.2, 0.25) is 5.91 Å². The van der Waals surface area contributed by atoms with E-state index in [4.69, 9.17) is 9.47 Å². The summed E-state index contributed by atoms with van der Waals surface area (Å²) < 4.78 is 10.5. The van der Waals surface area contributed by atoms with Crippen molar-refractivity contribution in [3.63, 3.8) is 0 Å². The molecule has 0 bridgehead atoms. The van der Waals surface area contributed by atoms with Crippen LogP contribution in [0.1, 0.15) is 19.3 Å². The highest BCUT2D eigenvalue weighted by Crippen LogP contribution is 2.15. The van der Waals surface area contributed by atoms with Crippen LogP contribution in [0, 0.1) is 0 Å². The van der Waals surface area contributed by atoms with Crippen molar-refractivity contribution < 1.29 is 29.5 Å². The number of aliphatic carboxylic acids is 1. The summed E-state index contributed by atoms with van der Waals surface area (Å²) in [7, 11) is 1.56. The Kier molecular flexibility index (Phi) is 6.37. The molecule has 126 valence electrons. The third-order valence-corrected chi connectivity index (χ3v) is 3.79. The van der Waals surface area contributed by atoms with Crippen molar-refractivity contribution in [2.75, 3.05) is 25.6 Å². The number of nitrogens with one attached hydrogen (secondary N) is 1. The van der Waals surface area contributed by atoms with Gasteiger partial charge in [-0.3, -0.25) is 4.79 Å². The van der Waals surface area contributed by atoms with Crippen molar-refractivity contribution in [2.24, 2.45) is 0 Å². The van der Waals surface area contributed by atoms with Crippen LogP contribution in [0.2, 0.25) is 0 Å². The predicted molar refractivity (Wildman–Crippen MR) is 80.8 cm³/mol. The van der Waals surface area contributed by atoms with Gasteiger partial charge in [0.25, 0.3) is 0 Å². The lowest BCUT2D eigenvalue weighted by Gasteiger charge is -2.18. The molecule has 1 fully saturated rings. The zero-order chi connectivity index (χ0) is 16.7. The molecule has 1 aromatic rings. The van der Waals surface area contributed by atoms with Crippen LogP contribution in [0.5, 0.6) is 5.75 Å². The molecule has 0 spiro atoms. The monoisotopic (exact) mass is 322 g/mol. The minimum absolute atomic E-state index is 0.0569. The molecule has 1 aliphatic rings. The Hall–Kier alpha value is -2.12. The molecule has 1 heterocycles. The lowest BCUT2D eigenvalue weighted by molar-refractivity contribution is -0.687. The summed E-state index contributed by atoms with van der Waals surface area (Å²) >= 11 is 0. The normalized spacial score (nSPS) is 18.4. The summed E-state index contributed by atoms with van der Waals surface area (Å²) in [6.45, 7) is 1.24. The smallest absolute Gasteiger partial charge is 0.230 e. The first kappa shape index (κ1) is 17.2. The number of nitrogens with two attached hydrogens (primary N) is 1. The minimum atomic E-state index is -1.24. The summed E-state index contributed by atoms with van der Waals surface area (Å²) in [5.74, 6) is -0.929. The molecular weight excluding hydrogens is 300 g/mol. The maximum Gasteiger partial charge on any atom is 0.230 e. The summed E-state index contributed by atoms with van der Waals surface area (Å²) in [6.07, 6.45) is 1.82. The van der Waals surface area contributed by atoms with Crippen LogP contribution in [-0.2, 0) is 14.3 Å². The van der Waals surface area contributed by atoms with Gasteiger partial charge >= 0.3 is 0 Å². The van der Waals surface area contributed by atoms with Gasteiger partial charge in [0.1, 0.15) is 24.4 Å². The van der Waals surface area contributed by atoms with Crippen LogP contribution in [0.3, 0.4) is 0 Å². The molecule has 0 radical (unpaired) electrons. The summed E-state index contributed by atoms with van der Waals surface area (Å²) in [4.78, 5) is 23.2. The van der Waals surface area contributed by atoms with Crippen molar-refractivity contribution in [3.8, 4) is 5.75 Å². The number of hydrogen-bond acceptors (Lipinski definition) is 5. The van der Waals surface area contributed by atoms with E-state index in [-0.39, 0.29) is 18.4 Å². The molecule has 1 aliphatic heterocycles. The van der Waals surface area contributed by atoms with Crippen molar-refractivity contribution in [3.05, 3.63) is 24.3 Å². The van der Waals surface area contributed by atoms with Crippen molar-refractivity contribution in [2.45, 2.75) is 31.4 Å². The standard InChI is InChI=1S/C16H22N2O5/c1-22-12-6-4-11(5-7-12)18-15(19)9-14(16(20)21)17-10-13-3-2-8-23-13/h4-7,13-14,17H,2-3,8-10H2,1H3,(H,18,19)(H,20,21)/t13-,14+/m0/s1. The van der Waals surface area contributed by atoms with Gasteiger partial charge in [0.05, 0.1) is 19.5 Å². The Morgan fingerprint density at radius 2 is 2.17 bits per heavy atom. The second-order valence-corrected chi connectivity index (χ2v) is 5.51. The van der Waals surface area contributed by atoms with E-state index < -0.39 is 12.0 Å². The van der Waals surface area contributed by atoms with Crippen LogP contribution in [0.4, 0.5) is 5.69 Å². The Balaban J connectivity index is 1.82. The first-order chi connectivity index (χ1) is 11.1. The van der Waals surface area contributed by atoms with Crippen LogP contribution in [0.25, 0.3) is 0 Å². The highest BCUT2D eigenvalue weighted by atomic mass is 16.5. The number of anilines is 1. The average Bonchev–Trinajstić information content (AvgIpc) is 3.05. The highest BCUT2D eigenvalue weighted by molar-refractivity contribution is 5.93. The number of benzene rings is 1. The molecular formula is C16H22N2O5. The molecule has 0 aliphatic carbocycles. The molecule has 23 heavy (non-hydrogen) atoms. The number of carbonyl (C=O) groups is 2. The molecule has 0 saturated carbocycles. The van der Waals surface area contributed by atoms with Crippen LogP contribution >= 0.6 is 0 Å². The third-order valence-electron chi connectivity index (χ3n) is 3.79. The highest BCUT2D eigenvalue weighted by Gasteiger charge is 2.23. The summed E-state index contributed by atoms with van der Waals surface area (Å²) in [5.41, 5.74) is 0.590. The van der Waals surface area contributed by atoms with E-state index >= 15 is 0 Å². The SMILES string of the molecule is COc1ccc(NC(=O)C[C@@H]([NH2+]C[C@@H]2CCCO2)C(=O)[O-])cc1. The number of methoxy groups -OCH3 is 1. The molecule has 7 nitrogen and oxygen atoms in total. The van der Waals surface area contributed by atoms with Crippen molar-refractivity contribution in [1.82, 2.24) is 0 Å². The van der Waals surface area contributed by atoms with E-state index in [0.29, 0.717) is 24.6 Å². The number of carbonyl (C=O) groups excluding carboxylic acids is 2. The molecule has 1 saturated heterocycles. The van der Waals surface area contributed by atoms with Gasteiger partial charge in [0.15, 0.2) is 0 Å². The number of amides is 1. The van der Waals surface area contributed by atoms with Gasteiger partial charge in [0, 0.05) is 12.3 Å². The lowest BCUT2D eigenvalue weighted by atomic mass is 10.1. The van der Waals surface area contributed by atoms with E-state index in [1.807, 2.05) is 0 Å². The first-order valence-electron chi connectivity index (χ1n) is 7.68. The van der Waals surface area contributed by atoms with E-state index in [1.165, 1.54) is 0 Å². The van der Waals surface area contributed by atoms with Gasteiger partial charge in [-0.15, -0.1) is 0 Å². The van der Waals surface area contributed by atoms with Crippen LogP contribution < -0.4 is 20.5 Å². The Morgan fingerprint density at radius 1 is 1.43 bits per heavy atom. The number of rotatable bonds is 8. The van der Waals surface area contributed by atoms with Gasteiger partial charge in [-0.2, -0.15) is 0 Å². The number of hydrogen-bond donors (Lipinski definition) is 2. The summed E-state index contributed by atoms with van der Waals surface area (Å²) in [5, 5.41) is 15.5. The van der Waals surface area contributed by atoms with E-state index in [0.717, 1.165) is 12.8 Å². The van der Waals surface area contributed by atoms with Crippen LogP contribution in [-0.4, -0.2) is 44.3 Å². The quantitative estimate of drug-likeness (QED) is 0.631. The fourth-order valence-corrected chi connectivity index (χ4v) is 2.50. The second kappa shape index (κ2) is 8.50. The zero-order valence-electron chi connectivity index (χ0n) is 13.1. The predicted octanol–water partition coefficient (Wildman–Crippen LogP) is -1.12. The molecule has 0 unspecified atom stereocenters. The van der Waals surface area contributed by atoms with Gasteiger partial charge in [-0.25, -0.2) is 0 Å². The molecule has 1 amide bonds. The molecule has 1 aromatic carbocycles. The minimum Gasteiger partial charge on any atom is -0.544 e. The van der Waals surface area contributed by atoms with E-state index in [2.05, 4.69) is 5.32 Å². The van der Waals surface area contributed by atoms with Crippen molar-refractivity contribution >= 4 is 17.6 Å². The van der Waals surface area contributed by atoms with E-state index in [1.54, 1.807) is 36.7 Å². The molecule has 2 rings (SSSR count). The molecule has 0 aromatic heterocycles. The zero-order valence-corrected chi connectivity index (χ0v) is 13.1. The fourth-order valence-electron chi connectivity index (χ4n) is 2.50. The Labute approximate surface area is 135 Å². The third kappa shape index (κ3) is 5.54.